The van der Waals surface area contributed by atoms with E-state index in [2.05, 4.69) is 10.2 Å². The number of rotatable bonds is 4. The topological polar surface area (TPSA) is 126 Å². The summed E-state index contributed by atoms with van der Waals surface area (Å²) in [5.41, 5.74) is 11.8. The number of halogens is 1. The Bertz CT molecular complexity index is 986. The van der Waals surface area contributed by atoms with Gasteiger partial charge in [0.05, 0.1) is 11.0 Å². The van der Waals surface area contributed by atoms with Gasteiger partial charge in [0.15, 0.2) is 11.5 Å². The minimum atomic E-state index is -0.986. The predicted molar refractivity (Wildman–Crippen MR) is 105 cm³/mol. The third-order valence-corrected chi connectivity index (χ3v) is 4.94. The molecule has 0 radical (unpaired) electrons. The van der Waals surface area contributed by atoms with Gasteiger partial charge in [-0.1, -0.05) is 18.2 Å². The molecule has 148 valence electrons. The van der Waals surface area contributed by atoms with Crippen molar-refractivity contribution in [2.24, 2.45) is 11.5 Å². The van der Waals surface area contributed by atoms with E-state index >= 15 is 0 Å². The van der Waals surface area contributed by atoms with Gasteiger partial charge < -0.3 is 16.6 Å². The minimum absolute atomic E-state index is 0.135. The molecule has 4 rings (SSSR count). The average Bonchev–Trinajstić information content (AvgIpc) is 3.35. The van der Waals surface area contributed by atoms with Gasteiger partial charge in [-0.3, -0.25) is 9.81 Å². The number of hydrogen-bond donors (Lipinski definition) is 4. The fourth-order valence-electron chi connectivity index (χ4n) is 3.08. The molecule has 6 N–H and O–H groups in total. The predicted octanol–water partition coefficient (Wildman–Crippen LogP) is 2.21. The van der Waals surface area contributed by atoms with Crippen LogP contribution in [0.15, 0.2) is 42.6 Å². The summed E-state index contributed by atoms with van der Waals surface area (Å²) in [6.07, 6.45) is 3.51. The molecule has 3 aromatic rings. The molecule has 1 aliphatic carbocycles. The van der Waals surface area contributed by atoms with E-state index in [9.17, 15) is 9.50 Å². The molecule has 0 bridgehead atoms. The molecule has 7 nitrogen and oxygen atoms in total. The number of fused-ring (bicyclic) bond motifs is 1. The third-order valence-electron chi connectivity index (χ3n) is 4.94. The zero-order chi connectivity index (χ0) is 20.5. The standard InChI is InChI=1S/C13H17N5O.C7H8FN/c1-12(2,19)8-4-3-7-18-9(8)16-17-11(18)13(5-6-13)10(14)15;8-7-3-1-6(5-9)2-4-7/h3-4,7,19H,5-6H2,1-2H3,(H3,14,15);1-4H,5,9H2. The zero-order valence-corrected chi connectivity index (χ0v) is 16.0. The number of nitrogens with zero attached hydrogens (tertiary/aromatic N) is 3. The van der Waals surface area contributed by atoms with E-state index in [4.69, 9.17) is 16.9 Å². The fraction of sp³-hybridized carbons (Fsp3) is 0.350. The highest BCUT2D eigenvalue weighted by Gasteiger charge is 2.51. The molecular formula is C20H25FN6O. The molecule has 1 saturated carbocycles. The zero-order valence-electron chi connectivity index (χ0n) is 16.0. The van der Waals surface area contributed by atoms with Crippen molar-refractivity contribution in [1.29, 1.82) is 5.41 Å². The first-order chi connectivity index (χ1) is 13.2. The van der Waals surface area contributed by atoms with Crippen LogP contribution in [0.1, 0.15) is 43.6 Å². The number of benzene rings is 1. The first-order valence-corrected chi connectivity index (χ1v) is 9.05. The maximum Gasteiger partial charge on any atom is 0.166 e. The Hall–Kier alpha value is -2.84. The van der Waals surface area contributed by atoms with Crippen molar-refractivity contribution in [2.75, 3.05) is 0 Å². The highest BCUT2D eigenvalue weighted by Crippen LogP contribution is 2.47. The Balaban J connectivity index is 0.000000211. The lowest BCUT2D eigenvalue weighted by molar-refractivity contribution is 0.0796. The molecule has 1 aliphatic rings. The molecule has 1 fully saturated rings. The van der Waals surface area contributed by atoms with Crippen LogP contribution >= 0.6 is 0 Å². The SMILES string of the molecule is CC(C)(O)c1cccn2c(C3(C(=N)N)CC3)nnc12.NCc1ccc(F)cc1. The normalized spacial score (nSPS) is 15.0. The molecule has 0 unspecified atom stereocenters. The highest BCUT2D eigenvalue weighted by atomic mass is 19.1. The van der Waals surface area contributed by atoms with Gasteiger partial charge in [0.2, 0.25) is 0 Å². The second-order valence-corrected chi connectivity index (χ2v) is 7.52. The number of nitrogens with one attached hydrogen (secondary N) is 1. The Morgan fingerprint density at radius 1 is 1.25 bits per heavy atom. The Morgan fingerprint density at radius 2 is 1.89 bits per heavy atom. The van der Waals surface area contributed by atoms with Gasteiger partial charge >= 0.3 is 0 Å². The molecule has 0 spiro atoms. The summed E-state index contributed by atoms with van der Waals surface area (Å²) >= 11 is 0. The lowest BCUT2D eigenvalue weighted by atomic mass is 9.99. The van der Waals surface area contributed by atoms with Crippen molar-refractivity contribution in [3.63, 3.8) is 0 Å². The summed E-state index contributed by atoms with van der Waals surface area (Å²) in [4.78, 5) is 0. The van der Waals surface area contributed by atoms with Gasteiger partial charge in [0, 0.05) is 18.3 Å². The van der Waals surface area contributed by atoms with Crippen LogP contribution < -0.4 is 11.5 Å². The van der Waals surface area contributed by atoms with Crippen LogP contribution in [0.4, 0.5) is 4.39 Å². The third kappa shape index (κ3) is 3.74. The lowest BCUT2D eigenvalue weighted by Crippen LogP contribution is -2.29. The van der Waals surface area contributed by atoms with E-state index in [0.717, 1.165) is 18.4 Å². The first-order valence-electron chi connectivity index (χ1n) is 9.05. The Labute approximate surface area is 162 Å². The van der Waals surface area contributed by atoms with Crippen molar-refractivity contribution in [2.45, 2.75) is 44.2 Å². The minimum Gasteiger partial charge on any atom is -0.387 e. The Morgan fingerprint density at radius 3 is 2.39 bits per heavy atom. The lowest BCUT2D eigenvalue weighted by Gasteiger charge is -2.18. The molecule has 2 heterocycles. The van der Waals surface area contributed by atoms with Crippen molar-refractivity contribution in [1.82, 2.24) is 14.6 Å². The van der Waals surface area contributed by atoms with Crippen LogP contribution in [0.2, 0.25) is 0 Å². The molecule has 8 heteroatoms. The number of aromatic nitrogens is 3. The van der Waals surface area contributed by atoms with Crippen LogP contribution in [0.3, 0.4) is 0 Å². The van der Waals surface area contributed by atoms with Gasteiger partial charge in [0.1, 0.15) is 11.7 Å². The summed E-state index contributed by atoms with van der Waals surface area (Å²) in [5, 5.41) is 26.3. The second-order valence-electron chi connectivity index (χ2n) is 7.52. The quantitative estimate of drug-likeness (QED) is 0.405. The summed E-state index contributed by atoms with van der Waals surface area (Å²) in [6, 6.07) is 9.85. The first kappa shape index (κ1) is 19.9. The smallest absolute Gasteiger partial charge is 0.166 e. The Kier molecular flexibility index (Phi) is 5.18. The van der Waals surface area contributed by atoms with E-state index in [-0.39, 0.29) is 11.7 Å². The second kappa shape index (κ2) is 7.29. The maximum atomic E-state index is 12.2. The van der Waals surface area contributed by atoms with Crippen molar-refractivity contribution in [3.8, 4) is 0 Å². The molecule has 0 aliphatic heterocycles. The molecule has 0 atom stereocenters. The van der Waals surface area contributed by atoms with Gasteiger partial charge in [-0.25, -0.2) is 4.39 Å². The largest absolute Gasteiger partial charge is 0.387 e. The van der Waals surface area contributed by atoms with E-state index in [1.54, 1.807) is 26.0 Å². The number of hydrogen-bond acceptors (Lipinski definition) is 5. The molecule has 0 saturated heterocycles. The van der Waals surface area contributed by atoms with Crippen molar-refractivity contribution < 1.29 is 9.50 Å². The summed E-state index contributed by atoms with van der Waals surface area (Å²) in [6.45, 7) is 3.91. The van der Waals surface area contributed by atoms with E-state index in [1.165, 1.54) is 12.1 Å². The van der Waals surface area contributed by atoms with Crippen LogP contribution in [-0.2, 0) is 17.6 Å². The van der Waals surface area contributed by atoms with E-state index in [0.29, 0.717) is 23.6 Å². The molecule has 1 aromatic carbocycles. The highest BCUT2D eigenvalue weighted by molar-refractivity contribution is 5.91. The van der Waals surface area contributed by atoms with Crippen LogP contribution in [0.5, 0.6) is 0 Å². The summed E-state index contributed by atoms with van der Waals surface area (Å²) < 4.78 is 14.0. The van der Waals surface area contributed by atoms with Crippen molar-refractivity contribution >= 4 is 11.5 Å². The molecule has 28 heavy (non-hydrogen) atoms. The number of nitrogens with two attached hydrogens (primary N) is 2. The van der Waals surface area contributed by atoms with Crippen molar-refractivity contribution in [3.05, 3.63) is 65.4 Å². The van der Waals surface area contributed by atoms with Crippen LogP contribution in [-0.4, -0.2) is 25.5 Å². The summed E-state index contributed by atoms with van der Waals surface area (Å²) in [7, 11) is 0. The monoisotopic (exact) mass is 384 g/mol. The summed E-state index contributed by atoms with van der Waals surface area (Å²) in [5.74, 6) is 0.615. The van der Waals surface area contributed by atoms with Gasteiger partial charge in [-0.15, -0.1) is 10.2 Å². The average molecular weight is 384 g/mol. The van der Waals surface area contributed by atoms with E-state index < -0.39 is 11.0 Å². The maximum absolute atomic E-state index is 12.2. The number of aliphatic hydroxyl groups is 1. The van der Waals surface area contributed by atoms with Gasteiger partial charge in [-0.2, -0.15) is 0 Å². The molecule has 0 amide bonds. The van der Waals surface area contributed by atoms with Gasteiger partial charge in [-0.05, 0) is 50.5 Å². The number of amidine groups is 1. The van der Waals surface area contributed by atoms with Crippen LogP contribution in [0, 0.1) is 11.2 Å². The van der Waals surface area contributed by atoms with E-state index in [1.807, 2.05) is 22.7 Å². The van der Waals surface area contributed by atoms with Gasteiger partial charge in [0.25, 0.3) is 0 Å². The van der Waals surface area contributed by atoms with Crippen LogP contribution in [0.25, 0.3) is 5.65 Å². The number of pyridine rings is 1. The fourth-order valence-corrected chi connectivity index (χ4v) is 3.08. The molecule has 2 aromatic heterocycles. The molecular weight excluding hydrogens is 359 g/mol.